The van der Waals surface area contributed by atoms with E-state index in [0.717, 1.165) is 18.7 Å². The summed E-state index contributed by atoms with van der Waals surface area (Å²) < 4.78 is 5.62. The summed E-state index contributed by atoms with van der Waals surface area (Å²) in [6, 6.07) is 13.0. The van der Waals surface area contributed by atoms with E-state index in [1.54, 1.807) is 7.11 Å². The number of rotatable bonds is 5. The van der Waals surface area contributed by atoms with Crippen molar-refractivity contribution in [1.82, 2.24) is 5.32 Å². The van der Waals surface area contributed by atoms with E-state index in [-0.39, 0.29) is 0 Å². The molecule has 0 aliphatic rings. The van der Waals surface area contributed by atoms with Crippen molar-refractivity contribution in [2.45, 2.75) is 26.3 Å². The van der Waals surface area contributed by atoms with Crippen molar-refractivity contribution >= 4 is 10.8 Å². The minimum absolute atomic E-state index is 0.310. The Hall–Kier alpha value is -1.54. The number of nitrogens with one attached hydrogen (secondary N) is 1. The Kier molecular flexibility index (Phi) is 4.21. The number of hydrogen-bond donors (Lipinski definition) is 1. The highest BCUT2D eigenvalue weighted by atomic mass is 16.5. The smallest absolute Gasteiger partial charge is 0.131 e. The molecule has 0 spiro atoms. The molecule has 1 atom stereocenters. The molecule has 2 heteroatoms. The van der Waals surface area contributed by atoms with Crippen LogP contribution in [0.3, 0.4) is 0 Å². The molecule has 0 heterocycles. The molecule has 0 aliphatic carbocycles. The predicted octanol–water partition coefficient (Wildman–Crippen LogP) is 3.91. The molecule has 18 heavy (non-hydrogen) atoms. The number of ether oxygens (including phenoxy) is 1. The van der Waals surface area contributed by atoms with Gasteiger partial charge in [-0.3, -0.25) is 0 Å². The van der Waals surface area contributed by atoms with Crippen LogP contribution in [0.1, 0.15) is 31.9 Å². The molecule has 0 aromatic heterocycles. The van der Waals surface area contributed by atoms with Crippen molar-refractivity contribution in [3.05, 3.63) is 42.0 Å². The lowest BCUT2D eigenvalue weighted by Gasteiger charge is -2.18. The summed E-state index contributed by atoms with van der Waals surface area (Å²) in [7, 11) is 1.75. The number of fused-ring (bicyclic) bond motifs is 1. The first-order valence-corrected chi connectivity index (χ1v) is 6.57. The van der Waals surface area contributed by atoms with Gasteiger partial charge in [-0.1, -0.05) is 43.3 Å². The highest BCUT2D eigenvalue weighted by Gasteiger charge is 2.13. The second kappa shape index (κ2) is 5.87. The molecule has 2 nitrogen and oxygen atoms in total. The van der Waals surface area contributed by atoms with E-state index < -0.39 is 0 Å². The standard InChI is InChI=1S/C16H21NO/c1-4-11-17-12(2)14-10-9-13-7-5-6-8-15(13)16(14)18-3/h5-10,12,17H,4,11H2,1-3H3. The lowest BCUT2D eigenvalue weighted by molar-refractivity contribution is 0.407. The average molecular weight is 243 g/mol. The predicted molar refractivity (Wildman–Crippen MR) is 77.2 cm³/mol. The lowest BCUT2D eigenvalue weighted by atomic mass is 10.0. The summed E-state index contributed by atoms with van der Waals surface area (Å²) >= 11 is 0. The summed E-state index contributed by atoms with van der Waals surface area (Å²) in [5, 5.41) is 5.91. The normalized spacial score (nSPS) is 12.6. The third kappa shape index (κ3) is 2.49. The van der Waals surface area contributed by atoms with Crippen molar-refractivity contribution in [3.8, 4) is 5.75 Å². The Morgan fingerprint density at radius 3 is 2.67 bits per heavy atom. The van der Waals surface area contributed by atoms with Crippen LogP contribution in [0.4, 0.5) is 0 Å². The molecule has 0 aliphatic heterocycles. The highest BCUT2D eigenvalue weighted by Crippen LogP contribution is 2.33. The molecule has 0 saturated carbocycles. The number of benzene rings is 2. The quantitative estimate of drug-likeness (QED) is 0.859. The second-order valence-electron chi connectivity index (χ2n) is 4.58. The summed E-state index contributed by atoms with van der Waals surface area (Å²) in [5.41, 5.74) is 1.23. The molecular formula is C16H21NO. The molecule has 1 N–H and O–H groups in total. The maximum Gasteiger partial charge on any atom is 0.131 e. The van der Waals surface area contributed by atoms with Gasteiger partial charge in [-0.15, -0.1) is 0 Å². The average Bonchev–Trinajstić information content (AvgIpc) is 2.43. The number of hydrogen-bond acceptors (Lipinski definition) is 2. The van der Waals surface area contributed by atoms with Crippen LogP contribution in [0.5, 0.6) is 5.75 Å². The van der Waals surface area contributed by atoms with Crippen LogP contribution in [0.2, 0.25) is 0 Å². The fraction of sp³-hybridized carbons (Fsp3) is 0.375. The summed E-state index contributed by atoms with van der Waals surface area (Å²) in [5.74, 6) is 0.990. The van der Waals surface area contributed by atoms with Crippen LogP contribution in [-0.2, 0) is 0 Å². The summed E-state index contributed by atoms with van der Waals surface area (Å²) in [6.07, 6.45) is 1.14. The van der Waals surface area contributed by atoms with E-state index >= 15 is 0 Å². The Labute approximate surface area is 109 Å². The molecule has 96 valence electrons. The largest absolute Gasteiger partial charge is 0.496 e. The van der Waals surface area contributed by atoms with Gasteiger partial charge in [0.05, 0.1) is 7.11 Å². The van der Waals surface area contributed by atoms with Gasteiger partial charge in [0.25, 0.3) is 0 Å². The first-order chi connectivity index (χ1) is 8.77. The van der Waals surface area contributed by atoms with Crippen LogP contribution in [0.25, 0.3) is 10.8 Å². The van der Waals surface area contributed by atoms with E-state index in [2.05, 4.69) is 55.6 Å². The molecule has 2 rings (SSSR count). The molecule has 0 saturated heterocycles. The zero-order valence-corrected chi connectivity index (χ0v) is 11.4. The minimum atomic E-state index is 0.310. The second-order valence-corrected chi connectivity index (χ2v) is 4.58. The van der Waals surface area contributed by atoms with Gasteiger partial charge in [-0.2, -0.15) is 0 Å². The zero-order valence-electron chi connectivity index (χ0n) is 11.4. The van der Waals surface area contributed by atoms with Gasteiger partial charge in [0.15, 0.2) is 0 Å². The van der Waals surface area contributed by atoms with Crippen LogP contribution in [0.15, 0.2) is 36.4 Å². The summed E-state index contributed by atoms with van der Waals surface area (Å²) in [4.78, 5) is 0. The van der Waals surface area contributed by atoms with Gasteiger partial charge < -0.3 is 10.1 Å². The maximum atomic E-state index is 5.62. The SMILES string of the molecule is CCCNC(C)c1ccc2ccccc2c1OC. The van der Waals surface area contributed by atoms with Crippen molar-refractivity contribution in [2.24, 2.45) is 0 Å². The van der Waals surface area contributed by atoms with Gasteiger partial charge in [-0.05, 0) is 25.3 Å². The highest BCUT2D eigenvalue weighted by molar-refractivity contribution is 5.89. The third-order valence-electron chi connectivity index (χ3n) is 3.28. The fourth-order valence-corrected chi connectivity index (χ4v) is 2.30. The van der Waals surface area contributed by atoms with Crippen molar-refractivity contribution in [1.29, 1.82) is 0 Å². The van der Waals surface area contributed by atoms with Crippen molar-refractivity contribution in [2.75, 3.05) is 13.7 Å². The van der Waals surface area contributed by atoms with Gasteiger partial charge >= 0.3 is 0 Å². The van der Waals surface area contributed by atoms with Crippen molar-refractivity contribution < 1.29 is 4.74 Å². The number of methoxy groups -OCH3 is 1. The molecular weight excluding hydrogens is 222 g/mol. The molecule has 0 amide bonds. The van der Waals surface area contributed by atoms with Gasteiger partial charge in [0, 0.05) is 17.0 Å². The van der Waals surface area contributed by atoms with Gasteiger partial charge in [0.2, 0.25) is 0 Å². The Morgan fingerprint density at radius 2 is 1.94 bits per heavy atom. The van der Waals surface area contributed by atoms with Gasteiger partial charge in [0.1, 0.15) is 5.75 Å². The first-order valence-electron chi connectivity index (χ1n) is 6.57. The summed E-state index contributed by atoms with van der Waals surface area (Å²) in [6.45, 7) is 5.39. The van der Waals surface area contributed by atoms with Crippen molar-refractivity contribution in [3.63, 3.8) is 0 Å². The van der Waals surface area contributed by atoms with Gasteiger partial charge in [-0.25, -0.2) is 0 Å². The third-order valence-corrected chi connectivity index (χ3v) is 3.28. The lowest BCUT2D eigenvalue weighted by Crippen LogP contribution is -2.19. The molecule has 1 unspecified atom stereocenters. The molecule has 2 aromatic carbocycles. The van der Waals surface area contributed by atoms with E-state index in [1.807, 2.05) is 0 Å². The molecule has 0 bridgehead atoms. The van der Waals surface area contributed by atoms with Crippen LogP contribution >= 0.6 is 0 Å². The Bertz CT molecular complexity index is 521. The Morgan fingerprint density at radius 1 is 1.17 bits per heavy atom. The zero-order chi connectivity index (χ0) is 13.0. The van der Waals surface area contributed by atoms with E-state index in [4.69, 9.17) is 4.74 Å². The monoisotopic (exact) mass is 243 g/mol. The van der Waals surface area contributed by atoms with E-state index in [1.165, 1.54) is 16.3 Å². The molecule has 0 radical (unpaired) electrons. The van der Waals surface area contributed by atoms with E-state index in [9.17, 15) is 0 Å². The Balaban J connectivity index is 2.44. The van der Waals surface area contributed by atoms with Crippen LogP contribution in [0, 0.1) is 0 Å². The maximum absolute atomic E-state index is 5.62. The first kappa shape index (κ1) is 12.9. The fourth-order valence-electron chi connectivity index (χ4n) is 2.30. The van der Waals surface area contributed by atoms with Crippen LogP contribution < -0.4 is 10.1 Å². The van der Waals surface area contributed by atoms with Crippen LogP contribution in [-0.4, -0.2) is 13.7 Å². The topological polar surface area (TPSA) is 21.3 Å². The molecule has 0 fully saturated rings. The van der Waals surface area contributed by atoms with E-state index in [0.29, 0.717) is 6.04 Å². The minimum Gasteiger partial charge on any atom is -0.496 e. The molecule has 2 aromatic rings.